The number of nitrogens with zero attached hydrogens (tertiary/aromatic N) is 1. The molecule has 0 radical (unpaired) electrons. The van der Waals surface area contributed by atoms with Crippen LogP contribution >= 0.6 is 0 Å². The van der Waals surface area contributed by atoms with E-state index in [0.29, 0.717) is 5.69 Å². The van der Waals surface area contributed by atoms with E-state index in [9.17, 15) is 20.1 Å². The van der Waals surface area contributed by atoms with Crippen molar-refractivity contribution in [2.75, 3.05) is 6.61 Å². The quantitative estimate of drug-likeness (QED) is 0.408. The molecule has 0 saturated heterocycles. The molecule has 3 atom stereocenters. The number of hydrogen-bond donors (Lipinski definition) is 5. The lowest BCUT2D eigenvalue weighted by molar-refractivity contribution is -0.0790. The second-order valence-corrected chi connectivity index (χ2v) is 3.84. The number of carbonyl (C=O) groups excluding carboxylic acids is 1. The molecule has 0 amide bonds. The first kappa shape index (κ1) is 13.8. The summed E-state index contributed by atoms with van der Waals surface area (Å²) in [7, 11) is 0. The molecule has 0 aliphatic heterocycles. The molecule has 17 heavy (non-hydrogen) atoms. The summed E-state index contributed by atoms with van der Waals surface area (Å²) >= 11 is 0. The molecule has 0 aliphatic carbocycles. The molecule has 0 spiro atoms. The van der Waals surface area contributed by atoms with Gasteiger partial charge in [0.2, 0.25) is 0 Å². The van der Waals surface area contributed by atoms with E-state index in [1.165, 1.54) is 6.92 Å². The summed E-state index contributed by atoms with van der Waals surface area (Å²) in [6, 6.07) is 0. The standard InChI is InChI=1S/C10H16N2O5/c1-4-7(12-10(11-4)5(2)14)9(17)8(16)6(15)3-13/h6,8-9,13,15-17H,3H2,1-2H3,(H,11,12). The van der Waals surface area contributed by atoms with Crippen molar-refractivity contribution in [1.82, 2.24) is 9.97 Å². The molecular weight excluding hydrogens is 228 g/mol. The van der Waals surface area contributed by atoms with E-state index < -0.39 is 24.9 Å². The summed E-state index contributed by atoms with van der Waals surface area (Å²) in [5.41, 5.74) is 0.502. The van der Waals surface area contributed by atoms with E-state index in [1.54, 1.807) is 6.92 Å². The van der Waals surface area contributed by atoms with Crippen LogP contribution in [-0.2, 0) is 0 Å². The topological polar surface area (TPSA) is 127 Å². The third-order valence-electron chi connectivity index (χ3n) is 2.44. The van der Waals surface area contributed by atoms with E-state index in [-0.39, 0.29) is 17.3 Å². The summed E-state index contributed by atoms with van der Waals surface area (Å²) in [4.78, 5) is 17.6. The van der Waals surface area contributed by atoms with Gasteiger partial charge in [-0.3, -0.25) is 4.79 Å². The Kier molecular flexibility index (Phi) is 4.35. The number of aromatic amines is 1. The normalized spacial score (nSPS) is 16.6. The monoisotopic (exact) mass is 244 g/mol. The van der Waals surface area contributed by atoms with Gasteiger partial charge in [0.15, 0.2) is 11.6 Å². The summed E-state index contributed by atoms with van der Waals surface area (Å²) in [6.45, 7) is 2.21. The Labute approximate surface area is 97.8 Å². The van der Waals surface area contributed by atoms with Crippen molar-refractivity contribution in [2.24, 2.45) is 0 Å². The van der Waals surface area contributed by atoms with Crippen LogP contribution in [0.4, 0.5) is 0 Å². The number of imidazole rings is 1. The molecular formula is C10H16N2O5. The Morgan fingerprint density at radius 2 is 2.00 bits per heavy atom. The zero-order valence-electron chi connectivity index (χ0n) is 9.58. The predicted molar refractivity (Wildman–Crippen MR) is 57.4 cm³/mol. The first-order chi connectivity index (χ1) is 7.88. The molecule has 1 aromatic rings. The second kappa shape index (κ2) is 5.37. The van der Waals surface area contributed by atoms with Crippen LogP contribution < -0.4 is 0 Å². The van der Waals surface area contributed by atoms with Gasteiger partial charge in [-0.15, -0.1) is 0 Å². The van der Waals surface area contributed by atoms with Gasteiger partial charge in [-0.2, -0.15) is 0 Å². The number of ketones is 1. The molecule has 0 saturated carbocycles. The lowest BCUT2D eigenvalue weighted by atomic mass is 10.0. The first-order valence-electron chi connectivity index (χ1n) is 5.11. The minimum Gasteiger partial charge on any atom is -0.394 e. The van der Waals surface area contributed by atoms with E-state index in [0.717, 1.165) is 0 Å². The van der Waals surface area contributed by atoms with Crippen LogP contribution in [0.15, 0.2) is 0 Å². The van der Waals surface area contributed by atoms with E-state index in [2.05, 4.69) is 9.97 Å². The van der Waals surface area contributed by atoms with Crippen molar-refractivity contribution < 1.29 is 25.2 Å². The highest BCUT2D eigenvalue weighted by atomic mass is 16.4. The summed E-state index contributed by atoms with van der Waals surface area (Å²) < 4.78 is 0. The number of aliphatic hydroxyl groups excluding tert-OH is 4. The SMILES string of the molecule is CC(=O)c1nc(C(O)C(O)C(O)CO)c(C)[nH]1. The third kappa shape index (κ3) is 2.89. The van der Waals surface area contributed by atoms with Crippen LogP contribution in [0.5, 0.6) is 0 Å². The van der Waals surface area contributed by atoms with Crippen LogP contribution in [-0.4, -0.2) is 55.0 Å². The number of aryl methyl sites for hydroxylation is 1. The maximum Gasteiger partial charge on any atom is 0.194 e. The second-order valence-electron chi connectivity index (χ2n) is 3.84. The number of Topliss-reactive ketones (excluding diaryl/α,β-unsaturated/α-hetero) is 1. The highest BCUT2D eigenvalue weighted by Crippen LogP contribution is 2.20. The summed E-state index contributed by atoms with van der Waals surface area (Å²) in [5.74, 6) is -0.231. The minimum absolute atomic E-state index is 0.0715. The molecule has 7 nitrogen and oxygen atoms in total. The fourth-order valence-electron chi connectivity index (χ4n) is 1.41. The van der Waals surface area contributed by atoms with Gasteiger partial charge < -0.3 is 25.4 Å². The fraction of sp³-hybridized carbons (Fsp3) is 0.600. The summed E-state index contributed by atoms with van der Waals surface area (Å²) in [6.07, 6.45) is -4.51. The Hall–Kier alpha value is -1.28. The van der Waals surface area contributed by atoms with Gasteiger partial charge in [-0.1, -0.05) is 0 Å². The van der Waals surface area contributed by atoms with Gasteiger partial charge in [0, 0.05) is 12.6 Å². The van der Waals surface area contributed by atoms with E-state index in [1.807, 2.05) is 0 Å². The molecule has 5 N–H and O–H groups in total. The van der Waals surface area contributed by atoms with Gasteiger partial charge in [0.1, 0.15) is 18.3 Å². The number of aliphatic hydroxyl groups is 4. The Morgan fingerprint density at radius 1 is 1.41 bits per heavy atom. The highest BCUT2D eigenvalue weighted by molar-refractivity contribution is 5.90. The highest BCUT2D eigenvalue weighted by Gasteiger charge is 2.29. The average molecular weight is 244 g/mol. The van der Waals surface area contributed by atoms with Gasteiger partial charge >= 0.3 is 0 Å². The van der Waals surface area contributed by atoms with Gasteiger partial charge in [-0.05, 0) is 6.92 Å². The molecule has 0 fully saturated rings. The fourth-order valence-corrected chi connectivity index (χ4v) is 1.41. The van der Waals surface area contributed by atoms with E-state index in [4.69, 9.17) is 5.11 Å². The lowest BCUT2D eigenvalue weighted by Crippen LogP contribution is -2.35. The summed E-state index contributed by atoms with van der Waals surface area (Å²) in [5, 5.41) is 37.1. The van der Waals surface area contributed by atoms with Gasteiger partial charge in [0.25, 0.3) is 0 Å². The van der Waals surface area contributed by atoms with Crippen molar-refractivity contribution in [3.8, 4) is 0 Å². The first-order valence-corrected chi connectivity index (χ1v) is 5.11. The van der Waals surface area contributed by atoms with E-state index >= 15 is 0 Å². The predicted octanol–water partition coefficient (Wildman–Crippen LogP) is -1.33. The number of carbonyl (C=O) groups is 1. The number of aromatic nitrogens is 2. The van der Waals surface area contributed by atoms with Gasteiger partial charge in [-0.25, -0.2) is 4.98 Å². The Bertz CT molecular complexity index is 403. The maximum absolute atomic E-state index is 11.1. The molecule has 1 heterocycles. The van der Waals surface area contributed by atoms with Crippen molar-refractivity contribution in [2.45, 2.75) is 32.2 Å². The van der Waals surface area contributed by atoms with Crippen LogP contribution in [0, 0.1) is 6.92 Å². The molecule has 7 heteroatoms. The third-order valence-corrected chi connectivity index (χ3v) is 2.44. The zero-order chi connectivity index (χ0) is 13.2. The van der Waals surface area contributed by atoms with Crippen LogP contribution in [0.3, 0.4) is 0 Å². The number of nitrogens with one attached hydrogen (secondary N) is 1. The van der Waals surface area contributed by atoms with Crippen molar-refractivity contribution in [1.29, 1.82) is 0 Å². The van der Waals surface area contributed by atoms with Crippen LogP contribution in [0.2, 0.25) is 0 Å². The smallest absolute Gasteiger partial charge is 0.194 e. The van der Waals surface area contributed by atoms with Crippen LogP contribution in [0.25, 0.3) is 0 Å². The van der Waals surface area contributed by atoms with Crippen molar-refractivity contribution in [3.63, 3.8) is 0 Å². The van der Waals surface area contributed by atoms with Crippen molar-refractivity contribution >= 4 is 5.78 Å². The average Bonchev–Trinajstić information content (AvgIpc) is 2.68. The number of hydrogen-bond acceptors (Lipinski definition) is 6. The molecule has 0 bridgehead atoms. The maximum atomic E-state index is 11.1. The molecule has 3 unspecified atom stereocenters. The van der Waals surface area contributed by atoms with Crippen LogP contribution in [0.1, 0.15) is 35.0 Å². The largest absolute Gasteiger partial charge is 0.394 e. The Balaban J connectivity index is 2.95. The zero-order valence-corrected chi connectivity index (χ0v) is 9.58. The Morgan fingerprint density at radius 3 is 2.41 bits per heavy atom. The van der Waals surface area contributed by atoms with Gasteiger partial charge in [0.05, 0.1) is 12.3 Å². The molecule has 1 aromatic heterocycles. The van der Waals surface area contributed by atoms with Crippen molar-refractivity contribution in [3.05, 3.63) is 17.2 Å². The molecule has 1 rings (SSSR count). The molecule has 0 aliphatic rings. The lowest BCUT2D eigenvalue weighted by Gasteiger charge is -2.20. The number of H-pyrrole nitrogens is 1. The minimum atomic E-state index is -1.57. The number of rotatable bonds is 5. The molecule has 96 valence electrons. The molecule has 0 aromatic carbocycles.